The lowest BCUT2D eigenvalue weighted by Crippen LogP contribution is -2.30. The number of aryl methyl sites for hydroxylation is 1. The van der Waals surface area contributed by atoms with Gasteiger partial charge in [0.2, 0.25) is 0 Å². The SMILES string of the molecule is CCNC(=NCc1sccc1C)Nc1ccc2c(c1)OCCCO2.I. The van der Waals surface area contributed by atoms with Crippen molar-refractivity contribution < 1.29 is 9.47 Å². The normalized spacial score (nSPS) is 13.6. The van der Waals surface area contributed by atoms with Crippen LogP contribution in [0.2, 0.25) is 0 Å². The van der Waals surface area contributed by atoms with E-state index in [1.807, 2.05) is 18.2 Å². The Hall–Kier alpha value is -1.48. The Bertz CT molecular complexity index is 718. The summed E-state index contributed by atoms with van der Waals surface area (Å²) < 4.78 is 11.4. The maximum absolute atomic E-state index is 5.74. The molecule has 0 saturated heterocycles. The third-order valence-electron chi connectivity index (χ3n) is 3.70. The fourth-order valence-corrected chi connectivity index (χ4v) is 3.23. The van der Waals surface area contributed by atoms with E-state index in [-0.39, 0.29) is 24.0 Å². The summed E-state index contributed by atoms with van der Waals surface area (Å²) in [5.41, 5.74) is 2.22. The number of guanidine groups is 1. The number of nitrogens with one attached hydrogen (secondary N) is 2. The average molecular weight is 473 g/mol. The highest BCUT2D eigenvalue weighted by atomic mass is 127. The fourth-order valence-electron chi connectivity index (χ4n) is 2.40. The standard InChI is InChI=1S/C18H23N3O2S.HI/c1-3-19-18(20-12-17-13(2)7-10-24-17)21-14-5-6-15-16(11-14)23-9-4-8-22-15;/h5-7,10-11H,3-4,8-9,12H2,1-2H3,(H2,19,20,21);1H. The number of ether oxygens (including phenoxy) is 2. The van der Waals surface area contributed by atoms with Crippen LogP contribution < -0.4 is 20.1 Å². The molecule has 1 aromatic carbocycles. The van der Waals surface area contributed by atoms with Crippen molar-refractivity contribution in [1.82, 2.24) is 5.32 Å². The average Bonchev–Trinajstić information content (AvgIpc) is 2.85. The molecule has 5 nitrogen and oxygen atoms in total. The summed E-state index contributed by atoms with van der Waals surface area (Å²) in [6, 6.07) is 8.01. The van der Waals surface area contributed by atoms with E-state index in [1.54, 1.807) is 11.3 Å². The molecule has 25 heavy (non-hydrogen) atoms. The highest BCUT2D eigenvalue weighted by Crippen LogP contribution is 2.32. The van der Waals surface area contributed by atoms with E-state index in [4.69, 9.17) is 9.47 Å². The first-order valence-corrected chi connectivity index (χ1v) is 9.12. The zero-order chi connectivity index (χ0) is 16.8. The lowest BCUT2D eigenvalue weighted by molar-refractivity contribution is 0.297. The Labute approximate surface area is 169 Å². The Morgan fingerprint density at radius 2 is 2.00 bits per heavy atom. The minimum Gasteiger partial charge on any atom is -0.490 e. The first-order chi connectivity index (χ1) is 11.8. The van der Waals surface area contributed by atoms with Crippen molar-refractivity contribution in [1.29, 1.82) is 0 Å². The van der Waals surface area contributed by atoms with E-state index in [9.17, 15) is 0 Å². The van der Waals surface area contributed by atoms with Crippen LogP contribution in [-0.4, -0.2) is 25.7 Å². The molecule has 1 aliphatic rings. The van der Waals surface area contributed by atoms with Gasteiger partial charge in [-0.25, -0.2) is 4.99 Å². The quantitative estimate of drug-likeness (QED) is 0.393. The Kier molecular flexibility index (Phi) is 7.83. The van der Waals surface area contributed by atoms with E-state index in [1.165, 1.54) is 10.4 Å². The lowest BCUT2D eigenvalue weighted by atomic mass is 10.2. The van der Waals surface area contributed by atoms with Crippen LogP contribution in [0.25, 0.3) is 0 Å². The molecule has 3 rings (SSSR count). The number of hydrogen-bond donors (Lipinski definition) is 2. The van der Waals surface area contributed by atoms with Gasteiger partial charge in [0.25, 0.3) is 0 Å². The number of halogens is 1. The largest absolute Gasteiger partial charge is 0.490 e. The zero-order valence-corrected chi connectivity index (χ0v) is 17.6. The molecule has 0 saturated carbocycles. The topological polar surface area (TPSA) is 54.9 Å². The summed E-state index contributed by atoms with van der Waals surface area (Å²) in [4.78, 5) is 5.96. The second-order valence-electron chi connectivity index (χ2n) is 5.56. The van der Waals surface area contributed by atoms with Crippen molar-refractivity contribution in [3.8, 4) is 11.5 Å². The van der Waals surface area contributed by atoms with E-state index in [0.29, 0.717) is 19.8 Å². The highest BCUT2D eigenvalue weighted by Gasteiger charge is 2.11. The summed E-state index contributed by atoms with van der Waals surface area (Å²) in [5.74, 6) is 2.34. The molecule has 7 heteroatoms. The zero-order valence-electron chi connectivity index (χ0n) is 14.5. The number of aliphatic imine (C=N–C) groups is 1. The van der Waals surface area contributed by atoms with Gasteiger partial charge in [0.15, 0.2) is 17.5 Å². The van der Waals surface area contributed by atoms with Gasteiger partial charge in [-0.05, 0) is 43.0 Å². The number of benzene rings is 1. The molecule has 0 radical (unpaired) electrons. The number of hydrogen-bond acceptors (Lipinski definition) is 4. The summed E-state index contributed by atoms with van der Waals surface area (Å²) in [5, 5.41) is 8.72. The van der Waals surface area contributed by atoms with Crippen molar-refractivity contribution in [3.05, 3.63) is 40.1 Å². The van der Waals surface area contributed by atoms with Crippen LogP contribution >= 0.6 is 35.3 Å². The maximum atomic E-state index is 5.74. The van der Waals surface area contributed by atoms with Crippen LogP contribution in [0.4, 0.5) is 5.69 Å². The van der Waals surface area contributed by atoms with Gasteiger partial charge in [-0.2, -0.15) is 0 Å². The van der Waals surface area contributed by atoms with Gasteiger partial charge in [0.1, 0.15) is 0 Å². The lowest BCUT2D eigenvalue weighted by Gasteiger charge is -2.13. The molecule has 1 aliphatic heterocycles. The van der Waals surface area contributed by atoms with Gasteiger partial charge in [-0.1, -0.05) is 0 Å². The Balaban J connectivity index is 0.00000225. The molecule has 0 bridgehead atoms. The number of anilines is 1. The van der Waals surface area contributed by atoms with Crippen molar-refractivity contribution in [2.45, 2.75) is 26.8 Å². The van der Waals surface area contributed by atoms with Crippen LogP contribution in [-0.2, 0) is 6.54 Å². The predicted octanol–water partition coefficient (Wildman–Crippen LogP) is 4.41. The fraction of sp³-hybridized carbons (Fsp3) is 0.389. The predicted molar refractivity (Wildman–Crippen MR) is 115 cm³/mol. The smallest absolute Gasteiger partial charge is 0.196 e. The third-order valence-corrected chi connectivity index (χ3v) is 4.71. The molecule has 2 N–H and O–H groups in total. The number of fused-ring (bicyclic) bond motifs is 1. The number of thiophene rings is 1. The molecule has 0 aliphatic carbocycles. The van der Waals surface area contributed by atoms with Crippen LogP contribution in [0.5, 0.6) is 11.5 Å². The molecule has 0 spiro atoms. The van der Waals surface area contributed by atoms with Crippen molar-refractivity contribution in [3.63, 3.8) is 0 Å². The summed E-state index contributed by atoms with van der Waals surface area (Å²) in [7, 11) is 0. The minimum atomic E-state index is 0. The van der Waals surface area contributed by atoms with Crippen LogP contribution in [0, 0.1) is 6.92 Å². The molecule has 0 fully saturated rings. The second-order valence-corrected chi connectivity index (χ2v) is 6.56. The van der Waals surface area contributed by atoms with Gasteiger partial charge in [-0.3, -0.25) is 0 Å². The first kappa shape index (κ1) is 19.8. The van der Waals surface area contributed by atoms with Crippen LogP contribution in [0.3, 0.4) is 0 Å². The van der Waals surface area contributed by atoms with Gasteiger partial charge in [-0.15, -0.1) is 35.3 Å². The van der Waals surface area contributed by atoms with Crippen LogP contribution in [0.1, 0.15) is 23.8 Å². The molecule has 2 aromatic rings. The molecule has 0 atom stereocenters. The van der Waals surface area contributed by atoms with E-state index < -0.39 is 0 Å². The minimum absolute atomic E-state index is 0. The Morgan fingerprint density at radius 3 is 2.72 bits per heavy atom. The van der Waals surface area contributed by atoms with Gasteiger partial charge in [0.05, 0.1) is 19.8 Å². The molecule has 2 heterocycles. The number of nitrogens with zero attached hydrogens (tertiary/aromatic N) is 1. The molecule has 1 aromatic heterocycles. The van der Waals surface area contributed by atoms with Gasteiger partial charge in [0, 0.05) is 29.6 Å². The monoisotopic (exact) mass is 473 g/mol. The molecular weight excluding hydrogens is 449 g/mol. The van der Waals surface area contributed by atoms with Crippen molar-refractivity contribution in [2.24, 2.45) is 4.99 Å². The van der Waals surface area contributed by atoms with E-state index >= 15 is 0 Å². The second kappa shape index (κ2) is 9.86. The summed E-state index contributed by atoms with van der Waals surface area (Å²) >= 11 is 1.74. The van der Waals surface area contributed by atoms with Gasteiger partial charge < -0.3 is 20.1 Å². The molecule has 0 unspecified atom stereocenters. The van der Waals surface area contributed by atoms with Gasteiger partial charge >= 0.3 is 0 Å². The maximum Gasteiger partial charge on any atom is 0.196 e. The van der Waals surface area contributed by atoms with Crippen LogP contribution in [0.15, 0.2) is 34.6 Å². The molecular formula is C18H24IN3O2S. The first-order valence-electron chi connectivity index (χ1n) is 8.24. The highest BCUT2D eigenvalue weighted by molar-refractivity contribution is 14.0. The van der Waals surface area contributed by atoms with Crippen molar-refractivity contribution in [2.75, 3.05) is 25.1 Å². The van der Waals surface area contributed by atoms with Crippen molar-refractivity contribution >= 4 is 47.0 Å². The molecule has 136 valence electrons. The summed E-state index contributed by atoms with van der Waals surface area (Å²) in [6.07, 6.45) is 0.904. The third kappa shape index (κ3) is 5.50. The van der Waals surface area contributed by atoms with E-state index in [2.05, 4.69) is 40.9 Å². The molecule has 0 amide bonds. The Morgan fingerprint density at radius 1 is 1.20 bits per heavy atom. The number of rotatable bonds is 4. The summed E-state index contributed by atoms with van der Waals surface area (Å²) in [6.45, 7) is 7.03. The van der Waals surface area contributed by atoms with E-state index in [0.717, 1.165) is 36.1 Å².